The SMILES string of the molecule is Cc1cc(C)nc(OCC2CNCC(C)O2)n1. The Balaban J connectivity index is 1.88. The van der Waals surface area contributed by atoms with E-state index in [1.165, 1.54) is 0 Å². The molecule has 1 aliphatic rings. The molecule has 0 radical (unpaired) electrons. The van der Waals surface area contributed by atoms with Crippen molar-refractivity contribution in [2.24, 2.45) is 0 Å². The minimum atomic E-state index is 0.0724. The smallest absolute Gasteiger partial charge is 0.316 e. The van der Waals surface area contributed by atoms with Gasteiger partial charge in [-0.05, 0) is 26.8 Å². The number of morpholine rings is 1. The van der Waals surface area contributed by atoms with Crippen molar-refractivity contribution in [2.75, 3.05) is 19.7 Å². The molecule has 1 fully saturated rings. The van der Waals surface area contributed by atoms with Gasteiger partial charge in [-0.1, -0.05) is 0 Å². The van der Waals surface area contributed by atoms with Crippen LogP contribution in [0.15, 0.2) is 6.07 Å². The van der Waals surface area contributed by atoms with Crippen LogP contribution in [-0.4, -0.2) is 41.9 Å². The summed E-state index contributed by atoms with van der Waals surface area (Å²) in [5.74, 6) is 0. The van der Waals surface area contributed by atoms with E-state index in [1.807, 2.05) is 26.8 Å². The molecule has 1 aromatic heterocycles. The lowest BCUT2D eigenvalue weighted by Crippen LogP contribution is -2.45. The normalized spacial score (nSPS) is 24.6. The summed E-state index contributed by atoms with van der Waals surface area (Å²) >= 11 is 0. The summed E-state index contributed by atoms with van der Waals surface area (Å²) in [6, 6.07) is 2.36. The molecule has 2 atom stereocenters. The molecule has 1 N–H and O–H groups in total. The largest absolute Gasteiger partial charge is 0.461 e. The highest BCUT2D eigenvalue weighted by Gasteiger charge is 2.19. The maximum Gasteiger partial charge on any atom is 0.316 e. The Labute approximate surface area is 102 Å². The third-order valence-electron chi connectivity index (χ3n) is 2.59. The van der Waals surface area contributed by atoms with Crippen LogP contribution < -0.4 is 10.1 Å². The number of aromatic nitrogens is 2. The second-order valence-electron chi connectivity index (χ2n) is 4.47. The van der Waals surface area contributed by atoms with Crippen molar-refractivity contribution < 1.29 is 9.47 Å². The average Bonchev–Trinajstić information content (AvgIpc) is 2.25. The molecule has 0 saturated carbocycles. The van der Waals surface area contributed by atoms with Crippen LogP contribution in [0.25, 0.3) is 0 Å². The van der Waals surface area contributed by atoms with Gasteiger partial charge in [0.25, 0.3) is 0 Å². The predicted molar refractivity (Wildman–Crippen MR) is 64.2 cm³/mol. The summed E-state index contributed by atoms with van der Waals surface area (Å²) in [6.45, 7) is 8.11. The van der Waals surface area contributed by atoms with Crippen LogP contribution in [0, 0.1) is 13.8 Å². The fourth-order valence-corrected chi connectivity index (χ4v) is 1.90. The van der Waals surface area contributed by atoms with Gasteiger partial charge in [-0.25, -0.2) is 9.97 Å². The highest BCUT2D eigenvalue weighted by atomic mass is 16.5. The molecule has 2 heterocycles. The van der Waals surface area contributed by atoms with Crippen LogP contribution in [0.5, 0.6) is 6.01 Å². The monoisotopic (exact) mass is 237 g/mol. The second kappa shape index (κ2) is 5.42. The van der Waals surface area contributed by atoms with Crippen molar-refractivity contribution in [2.45, 2.75) is 33.0 Å². The predicted octanol–water partition coefficient (Wildman–Crippen LogP) is 0.849. The van der Waals surface area contributed by atoms with E-state index in [-0.39, 0.29) is 12.2 Å². The molecule has 0 aliphatic carbocycles. The van der Waals surface area contributed by atoms with Crippen molar-refractivity contribution >= 4 is 0 Å². The number of aryl methyl sites for hydroxylation is 2. The van der Waals surface area contributed by atoms with Crippen molar-refractivity contribution in [1.29, 1.82) is 0 Å². The Morgan fingerprint density at radius 3 is 2.71 bits per heavy atom. The minimum absolute atomic E-state index is 0.0724. The highest BCUT2D eigenvalue weighted by molar-refractivity contribution is 5.10. The first kappa shape index (κ1) is 12.3. The van der Waals surface area contributed by atoms with Gasteiger partial charge in [0.05, 0.1) is 6.10 Å². The molecule has 1 aliphatic heterocycles. The molecule has 0 amide bonds. The zero-order valence-corrected chi connectivity index (χ0v) is 10.6. The maximum absolute atomic E-state index is 5.73. The minimum Gasteiger partial charge on any atom is -0.461 e. The van der Waals surface area contributed by atoms with Gasteiger partial charge in [-0.3, -0.25) is 0 Å². The summed E-state index contributed by atoms with van der Waals surface area (Å²) in [5.41, 5.74) is 1.84. The molecule has 0 bridgehead atoms. The maximum atomic E-state index is 5.73. The fraction of sp³-hybridized carbons (Fsp3) is 0.667. The third-order valence-corrected chi connectivity index (χ3v) is 2.59. The van der Waals surface area contributed by atoms with Crippen LogP contribution in [0.3, 0.4) is 0 Å². The number of nitrogens with one attached hydrogen (secondary N) is 1. The standard InChI is InChI=1S/C12H19N3O2/c1-8-4-9(2)15-12(14-8)16-7-11-6-13-5-10(3)17-11/h4,10-11,13H,5-7H2,1-3H3. The van der Waals surface area contributed by atoms with Crippen LogP contribution >= 0.6 is 0 Å². The Morgan fingerprint density at radius 1 is 1.35 bits per heavy atom. The Kier molecular flexibility index (Phi) is 3.91. The number of ether oxygens (including phenoxy) is 2. The van der Waals surface area contributed by atoms with E-state index < -0.39 is 0 Å². The molecule has 17 heavy (non-hydrogen) atoms. The van der Waals surface area contributed by atoms with Crippen molar-refractivity contribution in [3.63, 3.8) is 0 Å². The van der Waals surface area contributed by atoms with Gasteiger partial charge in [0.15, 0.2) is 0 Å². The molecule has 1 aromatic rings. The van der Waals surface area contributed by atoms with Gasteiger partial charge in [0, 0.05) is 24.5 Å². The van der Waals surface area contributed by atoms with E-state index >= 15 is 0 Å². The Morgan fingerprint density at radius 2 is 2.06 bits per heavy atom. The molecule has 5 nitrogen and oxygen atoms in total. The zero-order valence-electron chi connectivity index (χ0n) is 10.6. The zero-order chi connectivity index (χ0) is 12.3. The Bertz CT molecular complexity index is 364. The van der Waals surface area contributed by atoms with Gasteiger partial charge in [0.2, 0.25) is 0 Å². The first-order valence-electron chi connectivity index (χ1n) is 5.95. The van der Waals surface area contributed by atoms with E-state index in [9.17, 15) is 0 Å². The number of nitrogens with zero attached hydrogens (tertiary/aromatic N) is 2. The Hall–Kier alpha value is -1.20. The summed E-state index contributed by atoms with van der Waals surface area (Å²) in [5, 5.41) is 3.30. The van der Waals surface area contributed by atoms with E-state index in [1.54, 1.807) is 0 Å². The van der Waals surface area contributed by atoms with Gasteiger partial charge >= 0.3 is 6.01 Å². The quantitative estimate of drug-likeness (QED) is 0.844. The first-order chi connectivity index (χ1) is 8.13. The van der Waals surface area contributed by atoms with Crippen LogP contribution in [0.1, 0.15) is 18.3 Å². The van der Waals surface area contributed by atoms with Crippen molar-refractivity contribution in [1.82, 2.24) is 15.3 Å². The van der Waals surface area contributed by atoms with Gasteiger partial charge in [0.1, 0.15) is 12.7 Å². The summed E-state index contributed by atoms with van der Waals surface area (Å²) in [7, 11) is 0. The summed E-state index contributed by atoms with van der Waals surface area (Å²) in [4.78, 5) is 8.46. The summed E-state index contributed by atoms with van der Waals surface area (Å²) in [6.07, 6.45) is 0.306. The van der Waals surface area contributed by atoms with Crippen LogP contribution in [0.2, 0.25) is 0 Å². The van der Waals surface area contributed by atoms with Gasteiger partial charge < -0.3 is 14.8 Å². The molecule has 94 valence electrons. The van der Waals surface area contributed by atoms with E-state index in [0.29, 0.717) is 12.6 Å². The average molecular weight is 237 g/mol. The number of rotatable bonds is 3. The molecule has 0 aromatic carbocycles. The molecule has 0 spiro atoms. The lowest BCUT2D eigenvalue weighted by atomic mass is 10.2. The van der Waals surface area contributed by atoms with Crippen LogP contribution in [-0.2, 0) is 4.74 Å². The van der Waals surface area contributed by atoms with Crippen LogP contribution in [0.4, 0.5) is 0 Å². The van der Waals surface area contributed by atoms with Gasteiger partial charge in [-0.2, -0.15) is 0 Å². The van der Waals surface area contributed by atoms with E-state index in [2.05, 4.69) is 15.3 Å². The highest BCUT2D eigenvalue weighted by Crippen LogP contribution is 2.08. The van der Waals surface area contributed by atoms with Crippen molar-refractivity contribution in [3.05, 3.63) is 17.5 Å². The fourth-order valence-electron chi connectivity index (χ4n) is 1.90. The summed E-state index contributed by atoms with van der Waals surface area (Å²) < 4.78 is 11.3. The second-order valence-corrected chi connectivity index (χ2v) is 4.47. The lowest BCUT2D eigenvalue weighted by Gasteiger charge is -2.28. The molecule has 5 heteroatoms. The molecule has 1 saturated heterocycles. The number of hydrogen-bond donors (Lipinski definition) is 1. The molecular weight excluding hydrogens is 218 g/mol. The van der Waals surface area contributed by atoms with E-state index in [4.69, 9.17) is 9.47 Å². The van der Waals surface area contributed by atoms with Gasteiger partial charge in [-0.15, -0.1) is 0 Å². The first-order valence-corrected chi connectivity index (χ1v) is 5.95. The van der Waals surface area contributed by atoms with E-state index in [0.717, 1.165) is 24.5 Å². The van der Waals surface area contributed by atoms with Crippen molar-refractivity contribution in [3.8, 4) is 6.01 Å². The molecule has 2 rings (SSSR count). The molecule has 2 unspecified atom stereocenters. The molecular formula is C12H19N3O2. The third kappa shape index (κ3) is 3.64. The number of hydrogen-bond acceptors (Lipinski definition) is 5. The lowest BCUT2D eigenvalue weighted by molar-refractivity contribution is -0.0483. The topological polar surface area (TPSA) is 56.3 Å².